The summed E-state index contributed by atoms with van der Waals surface area (Å²) < 4.78 is 220. The van der Waals surface area contributed by atoms with Gasteiger partial charge in [-0.2, -0.15) is 0 Å². The van der Waals surface area contributed by atoms with Gasteiger partial charge in [-0.15, -0.1) is 0 Å². The summed E-state index contributed by atoms with van der Waals surface area (Å²) in [4.78, 5) is 0. The largest absolute Gasteiger partial charge is 0.673 e. The highest BCUT2D eigenvalue weighted by Gasteiger charge is 2.67. The van der Waals surface area contributed by atoms with Crippen molar-refractivity contribution in [3.8, 4) is 0 Å². The van der Waals surface area contributed by atoms with Gasteiger partial charge in [-0.05, 0) is 68.5 Å². The van der Waals surface area contributed by atoms with Crippen molar-refractivity contribution in [1.82, 2.24) is 0 Å². The van der Waals surface area contributed by atoms with Crippen LogP contribution in [0, 0.1) is 0 Å². The lowest BCUT2D eigenvalue weighted by Crippen LogP contribution is -2.67. The Labute approximate surface area is 622 Å². The molecule has 0 amide bonds. The Morgan fingerprint density at radius 2 is 0.461 bits per heavy atom. The van der Waals surface area contributed by atoms with E-state index in [9.17, 15) is 0 Å². The predicted molar refractivity (Wildman–Crippen MR) is 390 cm³/mol. The quantitative estimate of drug-likeness (QED) is 0.0465. The monoisotopic (exact) mass is 1720 g/mol. The van der Waals surface area contributed by atoms with Gasteiger partial charge in [0, 0.05) is 232 Å². The summed E-state index contributed by atoms with van der Waals surface area (Å²) >= 11 is 0. The zero-order chi connectivity index (χ0) is 78.5. The lowest BCUT2D eigenvalue weighted by atomic mass is 10.5. The van der Waals surface area contributed by atoms with Crippen LogP contribution in [0.1, 0.15) is 55.4 Å². The molecule has 0 aromatic heterocycles. The van der Waals surface area contributed by atoms with E-state index >= 15 is 0 Å². The topological polar surface area (TPSA) is 367 Å². The standard InChI is InChI=1S/C18H42O12Si4.C16H40O10Si3.C8H24O10Si3.C8H24O7Si3/c1-19-31(6,11-9-24-13-17-15-26-17)28-33(8,21-3)30-34(22-4,23-5)29-32(7,20-2)12-10-25-14-18-16-27-18;1-9-17-27(18-10-2,19-11-3)25-29(23-15-7,24-16-8)26-28(20-12-4,21-13-5)22-14-6;1-9-19(10-2,11-3)17-21(15-7,16-8)18-20(12-4,13-5)14-6;1-9-16(6,10-2)14-18(8,13-5)15-17(7,11-3)12-4/h17-18H,9-16H2,1-8H3;9-16H2,1-8H3;1-8H3;1-8H3. The van der Waals surface area contributed by atoms with Crippen LogP contribution < -0.4 is 0 Å². The van der Waals surface area contributed by atoms with Crippen LogP contribution >= 0.6 is 0 Å². The van der Waals surface area contributed by atoms with Crippen LogP contribution in [0.4, 0.5) is 0 Å². The molecule has 0 aromatic rings. The minimum Gasteiger partial charge on any atom is -0.398 e. The second-order valence-corrected chi connectivity index (χ2v) is 57.3. The van der Waals surface area contributed by atoms with E-state index in [2.05, 4.69) is 0 Å². The first-order valence-electron chi connectivity index (χ1n) is 32.8. The molecule has 5 unspecified atom stereocenters. The van der Waals surface area contributed by atoms with Crippen LogP contribution in [0.15, 0.2) is 0 Å². The van der Waals surface area contributed by atoms with Gasteiger partial charge in [0.05, 0.1) is 26.4 Å². The summed E-state index contributed by atoms with van der Waals surface area (Å²) in [5.74, 6) is 0. The summed E-state index contributed by atoms with van der Waals surface area (Å²) in [6.07, 6.45) is 0.403. The Hall–Kier alpha value is 1.26. The SMILES string of the molecule is CCO[Si](OCC)(OCC)O[Si](OCC)(OCC)O[Si](OCC)(OCC)OCC.CO[Si](C)(CCOCC1CO1)O[Si](C)(OC)O[Si](OC)(OC)O[Si](C)(CCOCC1CO1)OC.CO[Si](C)(OC)O[Si](C)(OC)O[Si](C)(OC)OC.CO[Si](OC)(OC)O[Si](OC)(OC)O[Si](OC)(OC)OC. The summed E-state index contributed by atoms with van der Waals surface area (Å²) in [6.45, 7) is 31.5. The second-order valence-electron chi connectivity index (χ2n) is 20.8. The lowest BCUT2D eigenvalue weighted by Gasteiger charge is -2.40. The maximum absolute atomic E-state index is 6.42. The molecule has 52 heteroatoms. The fourth-order valence-corrected chi connectivity index (χ4v) is 45.4. The van der Waals surface area contributed by atoms with Gasteiger partial charge >= 0.3 is 116 Å². The van der Waals surface area contributed by atoms with Gasteiger partial charge in [-0.1, -0.05) is 0 Å². The number of epoxide rings is 2. The van der Waals surface area contributed by atoms with Crippen molar-refractivity contribution < 1.29 is 171 Å². The van der Waals surface area contributed by atoms with Gasteiger partial charge in [0.25, 0.3) is 0 Å². The van der Waals surface area contributed by atoms with Crippen molar-refractivity contribution in [1.29, 1.82) is 0 Å². The van der Waals surface area contributed by atoms with E-state index in [0.717, 1.165) is 13.2 Å². The first kappa shape index (κ1) is 105. The van der Waals surface area contributed by atoms with Crippen LogP contribution in [0.25, 0.3) is 0 Å². The summed E-state index contributed by atoms with van der Waals surface area (Å²) in [7, 11) is -16.6. The Morgan fingerprint density at radius 3 is 0.686 bits per heavy atom. The van der Waals surface area contributed by atoms with Crippen molar-refractivity contribution in [3.63, 3.8) is 0 Å². The Kier molecular flexibility index (Phi) is 55.0. The Morgan fingerprint density at radius 1 is 0.235 bits per heavy atom. The van der Waals surface area contributed by atoms with E-state index in [4.69, 9.17) is 171 Å². The molecule has 39 nitrogen and oxygen atoms in total. The Balaban J connectivity index is 0. The van der Waals surface area contributed by atoms with E-state index in [0.29, 0.717) is 78.2 Å². The minimum absolute atomic E-state index is 0.198. The molecule has 0 radical (unpaired) electrons. The highest BCUT2D eigenvalue weighted by Crippen LogP contribution is 2.32. The first-order valence-corrected chi connectivity index (χ1v) is 58.2. The van der Waals surface area contributed by atoms with Crippen LogP contribution in [-0.4, -0.2) is 348 Å². The zero-order valence-corrected chi connectivity index (χ0v) is 79.9. The summed E-state index contributed by atoms with van der Waals surface area (Å²) in [5.41, 5.74) is 0. The third kappa shape index (κ3) is 38.2. The molecule has 0 saturated carbocycles. The molecule has 0 spiro atoms. The molecule has 2 rings (SSSR count). The molecule has 2 saturated heterocycles. The van der Waals surface area contributed by atoms with Gasteiger partial charge in [-0.25, -0.2) is 0 Å². The first-order chi connectivity index (χ1) is 48.1. The van der Waals surface area contributed by atoms with Gasteiger partial charge in [0.2, 0.25) is 0 Å². The predicted octanol–water partition coefficient (Wildman–Crippen LogP) is 4.32. The molecule has 0 aromatic carbocycles. The van der Waals surface area contributed by atoms with Crippen molar-refractivity contribution in [3.05, 3.63) is 0 Å². The van der Waals surface area contributed by atoms with Crippen molar-refractivity contribution in [2.24, 2.45) is 0 Å². The number of rotatable bonds is 62. The van der Waals surface area contributed by atoms with E-state index in [-0.39, 0.29) is 25.4 Å². The van der Waals surface area contributed by atoms with Crippen LogP contribution in [-0.2, 0) is 171 Å². The Bertz CT molecular complexity index is 1940. The van der Waals surface area contributed by atoms with Crippen molar-refractivity contribution in [2.75, 3.05) is 220 Å². The van der Waals surface area contributed by atoms with Crippen LogP contribution in [0.2, 0.25) is 51.4 Å². The highest BCUT2D eigenvalue weighted by atomic mass is 28.5. The molecule has 2 aliphatic rings. The molecule has 0 bridgehead atoms. The average Bonchev–Trinajstić information content (AvgIpc) is 1.56. The molecule has 5 atom stereocenters. The smallest absolute Gasteiger partial charge is 0.398 e. The number of hydrogen-bond acceptors (Lipinski definition) is 39. The number of ether oxygens (including phenoxy) is 4. The molecule has 2 heterocycles. The third-order valence-corrected chi connectivity index (χ3v) is 54.7. The van der Waals surface area contributed by atoms with E-state index in [1.807, 2.05) is 68.5 Å². The second kappa shape index (κ2) is 53.3. The van der Waals surface area contributed by atoms with E-state index in [1.165, 1.54) is 114 Å². The molecule has 0 N–H and O–H groups in total. The number of hydrogen-bond donors (Lipinski definition) is 0. The average molecular weight is 1720 g/mol. The van der Waals surface area contributed by atoms with Gasteiger partial charge < -0.3 is 171 Å². The molecule has 2 aliphatic heterocycles. The summed E-state index contributed by atoms with van der Waals surface area (Å²) in [6, 6.07) is 1.15. The fourth-order valence-electron chi connectivity index (χ4n) is 7.69. The third-order valence-electron chi connectivity index (χ3n) is 13.8. The maximum Gasteiger partial charge on any atom is 0.673 e. The molecule has 102 heavy (non-hydrogen) atoms. The highest BCUT2D eigenvalue weighted by molar-refractivity contribution is 6.83. The van der Waals surface area contributed by atoms with Gasteiger partial charge in [0.15, 0.2) is 0 Å². The lowest BCUT2D eigenvalue weighted by molar-refractivity contribution is -0.0762. The van der Waals surface area contributed by atoms with Crippen molar-refractivity contribution >= 4 is 116 Å². The molecule has 2 fully saturated rings. The van der Waals surface area contributed by atoms with Gasteiger partial charge in [-0.3, -0.25) is 0 Å². The minimum atomic E-state index is -3.92. The molecule has 0 aliphatic carbocycles. The molecular formula is C50H130O39Si13. The zero-order valence-electron chi connectivity index (χ0n) is 66.9. The molecular weight excluding hydrogens is 1590 g/mol. The van der Waals surface area contributed by atoms with E-state index < -0.39 is 116 Å². The van der Waals surface area contributed by atoms with Crippen LogP contribution in [0.5, 0.6) is 0 Å². The normalized spacial score (nSPS) is 17.5. The van der Waals surface area contributed by atoms with Gasteiger partial charge in [0.1, 0.15) is 12.2 Å². The van der Waals surface area contributed by atoms with Crippen LogP contribution in [0.3, 0.4) is 0 Å². The van der Waals surface area contributed by atoms with E-state index in [1.54, 1.807) is 40.4 Å². The van der Waals surface area contributed by atoms with Crippen molar-refractivity contribution in [2.45, 2.75) is 119 Å². The fraction of sp³-hybridized carbons (Fsp3) is 1.00. The molecule has 616 valence electrons. The summed E-state index contributed by atoms with van der Waals surface area (Å²) in [5, 5.41) is 0. The maximum atomic E-state index is 6.42.